The van der Waals surface area contributed by atoms with Crippen molar-refractivity contribution in [3.8, 4) is 0 Å². The second-order valence-corrected chi connectivity index (χ2v) is 2.83. The fraction of sp³-hybridized carbons (Fsp3) is 0.750. The van der Waals surface area contributed by atoms with Gasteiger partial charge in [0.05, 0.1) is 6.73 Å². The van der Waals surface area contributed by atoms with Crippen LogP contribution >= 0.6 is 0 Å². The number of rotatable bonds is 7. The number of carbonyl (C=O) groups excluding carboxylic acids is 1. The van der Waals surface area contributed by atoms with Crippen molar-refractivity contribution in [2.75, 3.05) is 13.8 Å². The maximum Gasteiger partial charge on any atom is 0.321 e. The first-order valence-corrected chi connectivity index (χ1v) is 4.02. The van der Waals surface area contributed by atoms with Gasteiger partial charge < -0.3 is 14.6 Å². The molecule has 0 amide bonds. The normalized spacial score (nSPS) is 14.9. The zero-order valence-electron chi connectivity index (χ0n) is 7.82. The Kier molecular flexibility index (Phi) is 6.09. The van der Waals surface area contributed by atoms with Crippen LogP contribution in [0, 0.1) is 5.92 Å². The highest BCUT2D eigenvalue weighted by Gasteiger charge is 2.23. The van der Waals surface area contributed by atoms with Gasteiger partial charge in [-0.15, -0.1) is 0 Å². The molecule has 0 bridgehead atoms. The van der Waals surface area contributed by atoms with E-state index in [2.05, 4.69) is 10.1 Å². The van der Waals surface area contributed by atoms with Gasteiger partial charge >= 0.3 is 5.97 Å². The van der Waals surface area contributed by atoms with Gasteiger partial charge in [0, 0.05) is 13.5 Å². The molecule has 0 aliphatic carbocycles. The van der Waals surface area contributed by atoms with Crippen LogP contribution in [-0.2, 0) is 14.3 Å². The van der Waals surface area contributed by atoms with Crippen molar-refractivity contribution in [2.24, 2.45) is 5.92 Å². The lowest BCUT2D eigenvalue weighted by molar-refractivity contribution is -0.141. The number of carboxylic acids is 1. The predicted octanol–water partition coefficient (Wildman–Crippen LogP) is -0.142. The molecule has 0 rings (SSSR count). The van der Waals surface area contributed by atoms with Gasteiger partial charge in [-0.25, -0.2) is 0 Å². The third-order valence-electron chi connectivity index (χ3n) is 1.75. The molecule has 76 valence electrons. The van der Waals surface area contributed by atoms with Crippen LogP contribution in [0.15, 0.2) is 0 Å². The molecule has 0 aromatic carbocycles. The molecular weight excluding hydrogens is 174 g/mol. The lowest BCUT2D eigenvalue weighted by Gasteiger charge is -2.18. The number of methoxy groups -OCH3 is 1. The minimum absolute atomic E-state index is 0.167. The van der Waals surface area contributed by atoms with Crippen molar-refractivity contribution in [3.05, 3.63) is 0 Å². The molecule has 0 aromatic heterocycles. The summed E-state index contributed by atoms with van der Waals surface area (Å²) in [5, 5.41) is 11.4. The van der Waals surface area contributed by atoms with E-state index >= 15 is 0 Å². The molecule has 0 radical (unpaired) electrons. The van der Waals surface area contributed by atoms with Crippen molar-refractivity contribution >= 4 is 12.3 Å². The maximum atomic E-state index is 10.7. The molecule has 0 aliphatic rings. The van der Waals surface area contributed by atoms with E-state index in [0.717, 1.165) is 6.29 Å². The molecule has 5 heteroatoms. The Labute approximate surface area is 77.1 Å². The van der Waals surface area contributed by atoms with Crippen molar-refractivity contribution < 1.29 is 19.4 Å². The van der Waals surface area contributed by atoms with E-state index in [4.69, 9.17) is 5.11 Å². The zero-order valence-corrected chi connectivity index (χ0v) is 7.82. The molecule has 2 atom stereocenters. The average Bonchev–Trinajstić information content (AvgIpc) is 2.05. The molecule has 0 fully saturated rings. The predicted molar refractivity (Wildman–Crippen MR) is 46.3 cm³/mol. The van der Waals surface area contributed by atoms with Crippen LogP contribution in [0.3, 0.4) is 0 Å². The van der Waals surface area contributed by atoms with E-state index < -0.39 is 12.0 Å². The van der Waals surface area contributed by atoms with E-state index in [1.54, 1.807) is 6.92 Å². The zero-order chi connectivity index (χ0) is 10.3. The molecule has 13 heavy (non-hydrogen) atoms. The van der Waals surface area contributed by atoms with Crippen LogP contribution in [0.5, 0.6) is 0 Å². The highest BCUT2D eigenvalue weighted by atomic mass is 16.5. The number of hydrogen-bond donors (Lipinski definition) is 2. The smallest absolute Gasteiger partial charge is 0.321 e. The van der Waals surface area contributed by atoms with Crippen LogP contribution < -0.4 is 5.32 Å². The summed E-state index contributed by atoms with van der Waals surface area (Å²) in [6.07, 6.45) is 0.947. The Hall–Kier alpha value is -0.940. The maximum absolute atomic E-state index is 10.7. The van der Waals surface area contributed by atoms with E-state index in [1.807, 2.05) is 0 Å². The highest BCUT2D eigenvalue weighted by Crippen LogP contribution is 2.06. The van der Waals surface area contributed by atoms with Crippen molar-refractivity contribution in [1.29, 1.82) is 0 Å². The second kappa shape index (κ2) is 6.56. The molecule has 0 saturated carbocycles. The molecule has 0 aromatic rings. The quantitative estimate of drug-likeness (QED) is 0.430. The SMILES string of the molecule is COCNC(C(=O)O)C(C)CC=O. The van der Waals surface area contributed by atoms with Crippen LogP contribution in [0.25, 0.3) is 0 Å². The van der Waals surface area contributed by atoms with E-state index in [-0.39, 0.29) is 19.1 Å². The first kappa shape index (κ1) is 12.1. The molecule has 2 unspecified atom stereocenters. The standard InChI is InChI=1S/C8H15NO4/c1-6(3-4-10)7(8(11)12)9-5-13-2/h4,6-7,9H,3,5H2,1-2H3,(H,11,12). The highest BCUT2D eigenvalue weighted by molar-refractivity contribution is 5.74. The van der Waals surface area contributed by atoms with Gasteiger partial charge in [-0.2, -0.15) is 0 Å². The Morgan fingerprint density at radius 3 is 2.69 bits per heavy atom. The van der Waals surface area contributed by atoms with Crippen LogP contribution in [0.4, 0.5) is 0 Å². The largest absolute Gasteiger partial charge is 0.480 e. The minimum atomic E-state index is -0.966. The van der Waals surface area contributed by atoms with Gasteiger partial charge in [-0.05, 0) is 5.92 Å². The number of nitrogens with one attached hydrogen (secondary N) is 1. The molecule has 0 heterocycles. The fourth-order valence-electron chi connectivity index (χ4n) is 0.993. The number of ether oxygens (including phenoxy) is 1. The lowest BCUT2D eigenvalue weighted by atomic mass is 9.99. The number of hydrogen-bond acceptors (Lipinski definition) is 4. The van der Waals surface area contributed by atoms with E-state index in [1.165, 1.54) is 7.11 Å². The molecular formula is C8H15NO4. The van der Waals surface area contributed by atoms with Crippen LogP contribution in [0.2, 0.25) is 0 Å². The second-order valence-electron chi connectivity index (χ2n) is 2.83. The number of aldehydes is 1. The number of carbonyl (C=O) groups is 2. The monoisotopic (exact) mass is 189 g/mol. The van der Waals surface area contributed by atoms with Gasteiger partial charge in [0.25, 0.3) is 0 Å². The average molecular weight is 189 g/mol. The lowest BCUT2D eigenvalue weighted by Crippen LogP contribution is -2.42. The fourth-order valence-corrected chi connectivity index (χ4v) is 0.993. The Balaban J connectivity index is 4.06. The molecule has 2 N–H and O–H groups in total. The molecule has 0 aliphatic heterocycles. The topological polar surface area (TPSA) is 75.6 Å². The Morgan fingerprint density at radius 2 is 2.31 bits per heavy atom. The van der Waals surface area contributed by atoms with Gasteiger partial charge in [-0.1, -0.05) is 6.92 Å². The first-order chi connectivity index (χ1) is 6.13. The van der Waals surface area contributed by atoms with Crippen LogP contribution in [-0.4, -0.2) is 37.2 Å². The third-order valence-corrected chi connectivity index (χ3v) is 1.75. The van der Waals surface area contributed by atoms with E-state index in [9.17, 15) is 9.59 Å². The van der Waals surface area contributed by atoms with Gasteiger partial charge in [0.15, 0.2) is 0 Å². The summed E-state index contributed by atoms with van der Waals surface area (Å²) in [5.74, 6) is -1.20. The van der Waals surface area contributed by atoms with Crippen LogP contribution in [0.1, 0.15) is 13.3 Å². The van der Waals surface area contributed by atoms with Gasteiger partial charge in [-0.3, -0.25) is 10.1 Å². The first-order valence-electron chi connectivity index (χ1n) is 4.02. The summed E-state index contributed by atoms with van der Waals surface area (Å²) in [7, 11) is 1.47. The van der Waals surface area contributed by atoms with Crippen molar-refractivity contribution in [2.45, 2.75) is 19.4 Å². The van der Waals surface area contributed by atoms with E-state index in [0.29, 0.717) is 0 Å². The third kappa shape index (κ3) is 4.59. The molecule has 0 spiro atoms. The summed E-state index contributed by atoms with van der Waals surface area (Å²) in [5.41, 5.74) is 0. The van der Waals surface area contributed by atoms with Gasteiger partial charge in [0.2, 0.25) is 0 Å². The minimum Gasteiger partial charge on any atom is -0.480 e. The Bertz CT molecular complexity index is 172. The van der Waals surface area contributed by atoms with Gasteiger partial charge in [0.1, 0.15) is 12.3 Å². The summed E-state index contributed by atoms with van der Waals surface area (Å²) >= 11 is 0. The molecule has 5 nitrogen and oxygen atoms in total. The van der Waals surface area contributed by atoms with Crippen molar-refractivity contribution in [3.63, 3.8) is 0 Å². The summed E-state index contributed by atoms with van der Waals surface area (Å²) in [6.45, 7) is 1.87. The summed E-state index contributed by atoms with van der Waals surface area (Å²) < 4.78 is 4.69. The summed E-state index contributed by atoms with van der Waals surface area (Å²) in [6, 6.07) is -0.731. The summed E-state index contributed by atoms with van der Waals surface area (Å²) in [4.78, 5) is 20.9. The molecule has 0 saturated heterocycles. The van der Waals surface area contributed by atoms with Crippen molar-refractivity contribution in [1.82, 2.24) is 5.32 Å². The number of carboxylic acid groups (broad SMARTS) is 1. The number of aliphatic carboxylic acids is 1. The Morgan fingerprint density at radius 1 is 1.69 bits per heavy atom.